The van der Waals surface area contributed by atoms with Gasteiger partial charge >= 0.3 is 0 Å². The Morgan fingerprint density at radius 3 is 2.42 bits per heavy atom. The zero-order valence-corrected chi connectivity index (χ0v) is 18.4. The van der Waals surface area contributed by atoms with Crippen LogP contribution in [0.2, 0.25) is 0 Å². The van der Waals surface area contributed by atoms with E-state index in [1.807, 2.05) is 92.6 Å². The predicted octanol–water partition coefficient (Wildman–Crippen LogP) is 5.08. The number of benzene rings is 3. The maximum Gasteiger partial charge on any atom is 0.255 e. The number of hydrogen-bond donors (Lipinski definition) is 2. The molecule has 0 fully saturated rings. The normalized spacial score (nSPS) is 10.5. The summed E-state index contributed by atoms with van der Waals surface area (Å²) in [4.78, 5) is 14.8. The van der Waals surface area contributed by atoms with Gasteiger partial charge in [0.1, 0.15) is 12.4 Å². The maximum atomic E-state index is 12.8. The van der Waals surface area contributed by atoms with Gasteiger partial charge in [-0.2, -0.15) is 0 Å². The molecule has 0 aromatic heterocycles. The molecule has 0 heterocycles. The number of rotatable bonds is 9. The molecule has 0 saturated heterocycles. The lowest BCUT2D eigenvalue weighted by atomic mass is 10.1. The third-order valence-corrected chi connectivity index (χ3v) is 4.81. The van der Waals surface area contributed by atoms with Gasteiger partial charge in [0.2, 0.25) is 0 Å². The Morgan fingerprint density at radius 2 is 1.71 bits per heavy atom. The zero-order chi connectivity index (χ0) is 22.2. The largest absolute Gasteiger partial charge is 0.491 e. The first kappa shape index (κ1) is 22.2. The molecule has 0 saturated carbocycles. The molecule has 0 aliphatic rings. The van der Waals surface area contributed by atoms with Crippen LogP contribution in [0.4, 0.5) is 22.7 Å². The first-order valence-electron chi connectivity index (χ1n) is 10.1. The van der Waals surface area contributed by atoms with Gasteiger partial charge in [-0.1, -0.05) is 12.1 Å². The highest BCUT2D eigenvalue weighted by Gasteiger charge is 2.10. The van der Waals surface area contributed by atoms with Crippen LogP contribution in [0.3, 0.4) is 0 Å². The van der Waals surface area contributed by atoms with E-state index in [1.54, 1.807) is 7.11 Å². The van der Waals surface area contributed by atoms with Crippen LogP contribution in [-0.4, -0.2) is 40.3 Å². The molecule has 0 atom stereocenters. The number of carbonyl (C=O) groups excluding carboxylic acids is 1. The molecule has 0 spiro atoms. The van der Waals surface area contributed by atoms with Crippen LogP contribution in [-0.2, 0) is 4.74 Å². The molecule has 162 valence electrons. The summed E-state index contributed by atoms with van der Waals surface area (Å²) in [6.45, 7) is 3.07. The van der Waals surface area contributed by atoms with Gasteiger partial charge in [0.05, 0.1) is 6.61 Å². The molecule has 3 aromatic rings. The minimum atomic E-state index is -0.152. The van der Waals surface area contributed by atoms with Gasteiger partial charge in [-0.3, -0.25) is 4.79 Å². The van der Waals surface area contributed by atoms with E-state index in [0.29, 0.717) is 18.8 Å². The third-order valence-electron chi connectivity index (χ3n) is 4.81. The highest BCUT2D eigenvalue weighted by molar-refractivity contribution is 6.05. The Kier molecular flexibility index (Phi) is 7.51. The summed E-state index contributed by atoms with van der Waals surface area (Å²) in [6.07, 6.45) is 0. The standard InChI is InChI=1S/C25H29N3O3/c1-18-8-9-19(25(29)27-21-6-5-7-22(17-21)28(2)3)16-24(18)26-20-10-12-23(13-11-20)31-15-14-30-4/h5-13,16-17,26H,14-15H2,1-4H3,(H,27,29). The van der Waals surface area contributed by atoms with Crippen LogP contribution in [0.25, 0.3) is 0 Å². The number of aryl methyl sites for hydroxylation is 1. The molecule has 0 unspecified atom stereocenters. The van der Waals surface area contributed by atoms with Crippen LogP contribution in [0.1, 0.15) is 15.9 Å². The van der Waals surface area contributed by atoms with Crippen LogP contribution >= 0.6 is 0 Å². The average Bonchev–Trinajstić information content (AvgIpc) is 2.76. The van der Waals surface area contributed by atoms with E-state index in [4.69, 9.17) is 9.47 Å². The van der Waals surface area contributed by atoms with E-state index in [2.05, 4.69) is 10.6 Å². The van der Waals surface area contributed by atoms with E-state index in [0.717, 1.165) is 34.1 Å². The fourth-order valence-corrected chi connectivity index (χ4v) is 3.00. The molecule has 0 aliphatic heterocycles. The molecular weight excluding hydrogens is 390 g/mol. The lowest BCUT2D eigenvalue weighted by Crippen LogP contribution is -2.13. The molecule has 0 bridgehead atoms. The minimum Gasteiger partial charge on any atom is -0.491 e. The maximum absolute atomic E-state index is 12.8. The van der Waals surface area contributed by atoms with Crippen molar-refractivity contribution in [3.05, 3.63) is 77.9 Å². The smallest absolute Gasteiger partial charge is 0.255 e. The van der Waals surface area contributed by atoms with Crippen molar-refractivity contribution < 1.29 is 14.3 Å². The van der Waals surface area contributed by atoms with Gasteiger partial charge in [0.25, 0.3) is 5.91 Å². The predicted molar refractivity (Wildman–Crippen MR) is 127 cm³/mol. The van der Waals surface area contributed by atoms with Crippen LogP contribution in [0, 0.1) is 6.92 Å². The van der Waals surface area contributed by atoms with Gasteiger partial charge in [0.15, 0.2) is 0 Å². The molecule has 3 aromatic carbocycles. The van der Waals surface area contributed by atoms with Crippen molar-refractivity contribution in [1.82, 2.24) is 0 Å². The number of hydrogen-bond acceptors (Lipinski definition) is 5. The van der Waals surface area contributed by atoms with E-state index >= 15 is 0 Å². The van der Waals surface area contributed by atoms with Crippen LogP contribution < -0.4 is 20.3 Å². The number of amides is 1. The van der Waals surface area contributed by atoms with Gasteiger partial charge in [0, 0.05) is 49.5 Å². The van der Waals surface area contributed by atoms with Crippen LogP contribution in [0.15, 0.2) is 66.7 Å². The van der Waals surface area contributed by atoms with E-state index in [1.165, 1.54) is 0 Å². The van der Waals surface area contributed by atoms with E-state index in [-0.39, 0.29) is 5.91 Å². The Balaban J connectivity index is 1.69. The quantitative estimate of drug-likeness (QED) is 0.474. The second-order valence-corrected chi connectivity index (χ2v) is 7.42. The molecule has 1 amide bonds. The monoisotopic (exact) mass is 419 g/mol. The number of carbonyl (C=O) groups is 1. The fourth-order valence-electron chi connectivity index (χ4n) is 3.00. The number of methoxy groups -OCH3 is 1. The minimum absolute atomic E-state index is 0.152. The van der Waals surface area contributed by atoms with Crippen molar-refractivity contribution in [3.63, 3.8) is 0 Å². The summed E-state index contributed by atoms with van der Waals surface area (Å²) >= 11 is 0. The molecule has 0 aliphatic carbocycles. The first-order chi connectivity index (χ1) is 15.0. The topological polar surface area (TPSA) is 62.8 Å². The van der Waals surface area contributed by atoms with E-state index in [9.17, 15) is 4.79 Å². The molecule has 6 nitrogen and oxygen atoms in total. The number of nitrogens with one attached hydrogen (secondary N) is 2. The summed E-state index contributed by atoms with van der Waals surface area (Å²) in [5.41, 5.74) is 5.21. The van der Waals surface area contributed by atoms with Crippen molar-refractivity contribution in [2.24, 2.45) is 0 Å². The molecule has 3 rings (SSSR count). The zero-order valence-electron chi connectivity index (χ0n) is 18.4. The van der Waals surface area contributed by atoms with E-state index < -0.39 is 0 Å². The Hall–Kier alpha value is -3.51. The molecule has 6 heteroatoms. The SMILES string of the molecule is COCCOc1ccc(Nc2cc(C(=O)Nc3cccc(N(C)C)c3)ccc2C)cc1. The van der Waals surface area contributed by atoms with Crippen molar-refractivity contribution in [2.45, 2.75) is 6.92 Å². The van der Waals surface area contributed by atoms with Gasteiger partial charge < -0.3 is 25.0 Å². The number of anilines is 4. The first-order valence-corrected chi connectivity index (χ1v) is 10.1. The summed E-state index contributed by atoms with van der Waals surface area (Å²) in [7, 11) is 5.59. The summed E-state index contributed by atoms with van der Waals surface area (Å²) in [5, 5.41) is 6.36. The summed E-state index contributed by atoms with van der Waals surface area (Å²) in [5.74, 6) is 0.633. The summed E-state index contributed by atoms with van der Waals surface area (Å²) in [6, 6.07) is 21.1. The summed E-state index contributed by atoms with van der Waals surface area (Å²) < 4.78 is 10.6. The lowest BCUT2D eigenvalue weighted by Gasteiger charge is -2.15. The number of nitrogens with zero attached hydrogens (tertiary/aromatic N) is 1. The highest BCUT2D eigenvalue weighted by atomic mass is 16.5. The third kappa shape index (κ3) is 6.23. The Labute approximate surface area is 183 Å². The van der Waals surface area contributed by atoms with Gasteiger partial charge in [-0.05, 0) is 67.1 Å². The fraction of sp³-hybridized carbons (Fsp3) is 0.240. The van der Waals surface area contributed by atoms with Gasteiger partial charge in [-0.15, -0.1) is 0 Å². The molecular formula is C25H29N3O3. The van der Waals surface area contributed by atoms with Gasteiger partial charge in [-0.25, -0.2) is 0 Å². The second kappa shape index (κ2) is 10.5. The molecule has 31 heavy (non-hydrogen) atoms. The Bertz CT molecular complexity index is 1020. The Morgan fingerprint density at radius 1 is 0.935 bits per heavy atom. The average molecular weight is 420 g/mol. The second-order valence-electron chi connectivity index (χ2n) is 7.42. The van der Waals surface area contributed by atoms with Crippen molar-refractivity contribution in [2.75, 3.05) is 50.0 Å². The number of ether oxygens (including phenoxy) is 2. The van der Waals surface area contributed by atoms with Crippen molar-refractivity contribution in [1.29, 1.82) is 0 Å². The van der Waals surface area contributed by atoms with Crippen LogP contribution in [0.5, 0.6) is 5.75 Å². The lowest BCUT2D eigenvalue weighted by molar-refractivity contribution is 0.102. The molecule has 0 radical (unpaired) electrons. The molecule has 2 N–H and O–H groups in total. The van der Waals surface area contributed by atoms with Crippen molar-refractivity contribution >= 4 is 28.7 Å². The highest BCUT2D eigenvalue weighted by Crippen LogP contribution is 2.25. The van der Waals surface area contributed by atoms with Crippen molar-refractivity contribution in [3.8, 4) is 5.75 Å².